The van der Waals surface area contributed by atoms with E-state index < -0.39 is 17.4 Å². The van der Waals surface area contributed by atoms with Crippen LogP contribution in [0.3, 0.4) is 0 Å². The lowest BCUT2D eigenvalue weighted by Crippen LogP contribution is -2.48. The summed E-state index contributed by atoms with van der Waals surface area (Å²) in [6.07, 6.45) is 4.65. The van der Waals surface area contributed by atoms with Crippen molar-refractivity contribution in [2.24, 2.45) is 5.41 Å². The molecule has 1 saturated carbocycles. The molecule has 2 amide bonds. The second kappa shape index (κ2) is 8.08. The van der Waals surface area contributed by atoms with Gasteiger partial charge in [-0.1, -0.05) is 12.5 Å². The molecule has 146 valence electrons. The second-order valence-electron chi connectivity index (χ2n) is 7.45. The number of rotatable bonds is 6. The Balaban J connectivity index is 1.74. The van der Waals surface area contributed by atoms with Crippen LogP contribution in [0, 0.1) is 5.41 Å². The number of hydrogen-bond acceptors (Lipinski definition) is 4. The summed E-state index contributed by atoms with van der Waals surface area (Å²) in [6.45, 7) is 0.814. The van der Waals surface area contributed by atoms with E-state index in [9.17, 15) is 19.5 Å². The van der Waals surface area contributed by atoms with Gasteiger partial charge in [0, 0.05) is 24.9 Å². The van der Waals surface area contributed by atoms with Gasteiger partial charge in [0.25, 0.3) is 5.91 Å². The monoisotopic (exact) mass is 374 g/mol. The minimum Gasteiger partial charge on any atom is -0.480 e. The van der Waals surface area contributed by atoms with Gasteiger partial charge in [-0.05, 0) is 50.3 Å². The molecule has 27 heavy (non-hydrogen) atoms. The molecule has 7 heteroatoms. The van der Waals surface area contributed by atoms with Crippen molar-refractivity contribution in [1.29, 1.82) is 0 Å². The molecule has 7 nitrogen and oxygen atoms in total. The molecule has 1 aromatic rings. The van der Waals surface area contributed by atoms with E-state index in [2.05, 4.69) is 5.32 Å². The number of hydrogen-bond donors (Lipinski definition) is 2. The first kappa shape index (κ1) is 19.4. The van der Waals surface area contributed by atoms with Crippen LogP contribution in [0.5, 0.6) is 0 Å². The number of carbonyl (C=O) groups excluding carboxylic acids is 2. The van der Waals surface area contributed by atoms with Crippen LogP contribution in [0.15, 0.2) is 24.3 Å². The van der Waals surface area contributed by atoms with Gasteiger partial charge < -0.3 is 20.1 Å². The number of nitrogens with zero attached hydrogens (tertiary/aromatic N) is 1. The maximum atomic E-state index is 12.8. The second-order valence-corrected chi connectivity index (χ2v) is 7.45. The Morgan fingerprint density at radius 3 is 2.67 bits per heavy atom. The number of carboxylic acid groups (broad SMARTS) is 1. The number of ether oxygens (including phenoxy) is 1. The van der Waals surface area contributed by atoms with Crippen molar-refractivity contribution in [3.8, 4) is 0 Å². The minimum atomic E-state index is -0.973. The Morgan fingerprint density at radius 1 is 1.26 bits per heavy atom. The number of anilines is 1. The maximum absolute atomic E-state index is 12.8. The molecule has 1 aliphatic carbocycles. The molecule has 2 aliphatic rings. The number of carboxylic acids is 1. The number of carbonyl (C=O) groups is 3. The third kappa shape index (κ3) is 3.98. The molecule has 0 radical (unpaired) electrons. The van der Waals surface area contributed by atoms with E-state index in [0.717, 1.165) is 32.1 Å². The molecule has 2 fully saturated rings. The lowest BCUT2D eigenvalue weighted by molar-refractivity contribution is -0.143. The average molecular weight is 374 g/mol. The average Bonchev–Trinajstić information content (AvgIpc) is 2.64. The zero-order valence-electron chi connectivity index (χ0n) is 15.6. The Kier molecular flexibility index (Phi) is 5.79. The number of amides is 2. The van der Waals surface area contributed by atoms with Gasteiger partial charge in [-0.3, -0.25) is 9.59 Å². The number of nitrogens with one attached hydrogen (secondary N) is 1. The van der Waals surface area contributed by atoms with Crippen molar-refractivity contribution in [3.05, 3.63) is 29.8 Å². The Morgan fingerprint density at radius 2 is 2.04 bits per heavy atom. The predicted molar refractivity (Wildman–Crippen MR) is 99.5 cm³/mol. The number of aliphatic carboxylic acids is 1. The van der Waals surface area contributed by atoms with Crippen molar-refractivity contribution in [3.63, 3.8) is 0 Å². The van der Waals surface area contributed by atoms with Gasteiger partial charge in [0.2, 0.25) is 5.91 Å². The summed E-state index contributed by atoms with van der Waals surface area (Å²) >= 11 is 0. The molecule has 1 heterocycles. The molecular formula is C20H26N2O5. The molecule has 0 aromatic heterocycles. The lowest BCUT2D eigenvalue weighted by atomic mass is 9.68. The summed E-state index contributed by atoms with van der Waals surface area (Å²) in [5, 5.41) is 12.3. The standard InChI is InChI=1S/C20H26N2O5/c1-27-13-20(9-5-10-20)19(26)21-15-7-4-6-14(12-15)17(23)22-11-3-2-8-16(22)18(24)25/h4,6-7,12,16H,2-3,5,8-11,13H2,1H3,(H,21,26)(H,24,25). The van der Waals surface area contributed by atoms with E-state index in [1.165, 1.54) is 4.90 Å². The van der Waals surface area contributed by atoms with Gasteiger partial charge in [0.1, 0.15) is 6.04 Å². The molecule has 1 atom stereocenters. The zero-order chi connectivity index (χ0) is 19.4. The van der Waals surface area contributed by atoms with E-state index in [4.69, 9.17) is 4.74 Å². The van der Waals surface area contributed by atoms with Gasteiger partial charge in [-0.25, -0.2) is 4.79 Å². The normalized spacial score (nSPS) is 21.2. The summed E-state index contributed by atoms with van der Waals surface area (Å²) in [6, 6.07) is 5.92. The highest BCUT2D eigenvalue weighted by Crippen LogP contribution is 2.42. The van der Waals surface area contributed by atoms with Crippen molar-refractivity contribution in [1.82, 2.24) is 4.90 Å². The zero-order valence-corrected chi connectivity index (χ0v) is 15.6. The summed E-state index contributed by atoms with van der Waals surface area (Å²) in [5.74, 6) is -1.38. The molecule has 0 bridgehead atoms. The molecule has 1 aliphatic heterocycles. The highest BCUT2D eigenvalue weighted by molar-refractivity contribution is 6.00. The van der Waals surface area contributed by atoms with E-state index in [-0.39, 0.29) is 11.8 Å². The maximum Gasteiger partial charge on any atom is 0.326 e. The Labute approximate surface area is 158 Å². The quantitative estimate of drug-likeness (QED) is 0.798. The first-order chi connectivity index (χ1) is 13.0. The van der Waals surface area contributed by atoms with Crippen molar-refractivity contribution < 1.29 is 24.2 Å². The fraction of sp³-hybridized carbons (Fsp3) is 0.550. The van der Waals surface area contributed by atoms with Crippen LogP contribution in [0.1, 0.15) is 48.9 Å². The van der Waals surface area contributed by atoms with Crippen molar-refractivity contribution in [2.75, 3.05) is 25.6 Å². The van der Waals surface area contributed by atoms with Crippen LogP contribution in [-0.4, -0.2) is 54.1 Å². The number of benzene rings is 1. The molecule has 2 N–H and O–H groups in total. The Bertz CT molecular complexity index is 729. The molecular weight excluding hydrogens is 348 g/mol. The predicted octanol–water partition coefficient (Wildman–Crippen LogP) is 2.52. The number of methoxy groups -OCH3 is 1. The highest BCUT2D eigenvalue weighted by Gasteiger charge is 2.44. The first-order valence-corrected chi connectivity index (χ1v) is 9.41. The molecule has 1 unspecified atom stereocenters. The van der Waals surface area contributed by atoms with Crippen LogP contribution in [0.25, 0.3) is 0 Å². The van der Waals surface area contributed by atoms with Gasteiger partial charge in [-0.2, -0.15) is 0 Å². The SMILES string of the molecule is COCC1(C(=O)Nc2cccc(C(=O)N3CCCCC3C(=O)O)c2)CCC1. The fourth-order valence-electron chi connectivity index (χ4n) is 3.91. The van der Waals surface area contributed by atoms with Gasteiger partial charge in [0.05, 0.1) is 12.0 Å². The van der Waals surface area contributed by atoms with Crippen molar-refractivity contribution >= 4 is 23.5 Å². The third-order valence-electron chi connectivity index (χ3n) is 5.63. The largest absolute Gasteiger partial charge is 0.480 e. The summed E-state index contributed by atoms with van der Waals surface area (Å²) in [7, 11) is 1.59. The highest BCUT2D eigenvalue weighted by atomic mass is 16.5. The van der Waals surface area contributed by atoms with Gasteiger partial charge in [-0.15, -0.1) is 0 Å². The van der Waals surface area contributed by atoms with E-state index in [1.807, 2.05) is 0 Å². The lowest BCUT2D eigenvalue weighted by Gasteiger charge is -2.39. The van der Waals surface area contributed by atoms with Crippen LogP contribution >= 0.6 is 0 Å². The number of likely N-dealkylation sites (tertiary alicyclic amines) is 1. The molecule has 0 spiro atoms. The van der Waals surface area contributed by atoms with Gasteiger partial charge in [0.15, 0.2) is 0 Å². The molecule has 3 rings (SSSR count). The van der Waals surface area contributed by atoms with E-state index >= 15 is 0 Å². The summed E-state index contributed by atoms with van der Waals surface area (Å²) < 4.78 is 5.21. The first-order valence-electron chi connectivity index (χ1n) is 9.41. The Hall–Kier alpha value is -2.41. The smallest absolute Gasteiger partial charge is 0.326 e. The van der Waals surface area contributed by atoms with Crippen molar-refractivity contribution in [2.45, 2.75) is 44.6 Å². The topological polar surface area (TPSA) is 95.9 Å². The van der Waals surface area contributed by atoms with Crippen LogP contribution < -0.4 is 5.32 Å². The van der Waals surface area contributed by atoms with Crippen LogP contribution in [0.2, 0.25) is 0 Å². The van der Waals surface area contributed by atoms with Crippen LogP contribution in [0.4, 0.5) is 5.69 Å². The number of piperidine rings is 1. The third-order valence-corrected chi connectivity index (χ3v) is 5.63. The molecule has 1 saturated heterocycles. The summed E-state index contributed by atoms with van der Waals surface area (Å²) in [4.78, 5) is 38.4. The minimum absolute atomic E-state index is 0.0958. The van der Waals surface area contributed by atoms with Gasteiger partial charge >= 0.3 is 5.97 Å². The van der Waals surface area contributed by atoms with Crippen LogP contribution in [-0.2, 0) is 14.3 Å². The summed E-state index contributed by atoms with van der Waals surface area (Å²) in [5.41, 5.74) is 0.434. The van der Waals surface area contributed by atoms with E-state index in [0.29, 0.717) is 30.8 Å². The fourth-order valence-corrected chi connectivity index (χ4v) is 3.91. The van der Waals surface area contributed by atoms with E-state index in [1.54, 1.807) is 31.4 Å². The molecule has 1 aromatic carbocycles.